The molecular formula is C11H23ClN2. The molecule has 0 unspecified atom stereocenters. The average Bonchev–Trinajstić information content (AvgIpc) is 2.15. The molecule has 0 spiro atoms. The van der Waals surface area contributed by atoms with Gasteiger partial charge in [0.1, 0.15) is 0 Å². The quantitative estimate of drug-likeness (QED) is 0.614. The first-order valence-corrected chi connectivity index (χ1v) is 4.86. The lowest BCUT2D eigenvalue weighted by Crippen LogP contribution is -2.30. The van der Waals surface area contributed by atoms with Gasteiger partial charge in [-0.25, -0.2) is 0 Å². The Morgan fingerprint density at radius 3 is 1.86 bits per heavy atom. The van der Waals surface area contributed by atoms with Crippen LogP contribution in [0.1, 0.15) is 25.7 Å². The summed E-state index contributed by atoms with van der Waals surface area (Å²) in [5.41, 5.74) is 11.4. The van der Waals surface area contributed by atoms with Crippen molar-refractivity contribution in [3.8, 4) is 0 Å². The Hall–Kier alpha value is -0.310. The molecule has 14 heavy (non-hydrogen) atoms. The van der Waals surface area contributed by atoms with Gasteiger partial charge in [-0.3, -0.25) is 0 Å². The summed E-state index contributed by atoms with van der Waals surface area (Å²) in [7, 11) is 0. The lowest BCUT2D eigenvalue weighted by molar-refractivity contribution is 0.274. The summed E-state index contributed by atoms with van der Waals surface area (Å²) < 4.78 is 0. The Morgan fingerprint density at radius 1 is 1.07 bits per heavy atom. The van der Waals surface area contributed by atoms with E-state index < -0.39 is 0 Å². The van der Waals surface area contributed by atoms with Crippen molar-refractivity contribution in [2.45, 2.75) is 25.7 Å². The maximum Gasteiger partial charge on any atom is -0.00146 e. The molecule has 3 heteroatoms. The van der Waals surface area contributed by atoms with Gasteiger partial charge >= 0.3 is 0 Å². The number of halogens is 1. The second-order valence-corrected chi connectivity index (χ2v) is 3.58. The molecule has 0 saturated carbocycles. The van der Waals surface area contributed by atoms with Crippen molar-refractivity contribution in [3.63, 3.8) is 0 Å². The van der Waals surface area contributed by atoms with Crippen LogP contribution in [-0.2, 0) is 0 Å². The van der Waals surface area contributed by atoms with E-state index in [1.165, 1.54) is 0 Å². The molecule has 0 fully saturated rings. The Bertz CT molecular complexity index is 147. The van der Waals surface area contributed by atoms with Crippen LogP contribution >= 0.6 is 12.4 Å². The molecule has 0 rings (SSSR count). The van der Waals surface area contributed by atoms with Gasteiger partial charge in [-0.2, -0.15) is 0 Å². The fourth-order valence-electron chi connectivity index (χ4n) is 1.65. The molecule has 0 amide bonds. The molecule has 0 atom stereocenters. The molecular weight excluding hydrogens is 196 g/mol. The van der Waals surface area contributed by atoms with Gasteiger partial charge in [0.25, 0.3) is 0 Å². The Balaban J connectivity index is 0. The van der Waals surface area contributed by atoms with Gasteiger partial charge < -0.3 is 11.5 Å². The van der Waals surface area contributed by atoms with Crippen LogP contribution < -0.4 is 11.5 Å². The zero-order chi connectivity index (χ0) is 10.2. The highest BCUT2D eigenvalue weighted by Gasteiger charge is 2.24. The van der Waals surface area contributed by atoms with Gasteiger partial charge in [0.2, 0.25) is 0 Å². The third-order valence-corrected chi connectivity index (χ3v) is 2.50. The molecule has 0 aliphatic heterocycles. The third kappa shape index (κ3) is 5.43. The van der Waals surface area contributed by atoms with Crippen LogP contribution in [0, 0.1) is 5.41 Å². The third-order valence-electron chi connectivity index (χ3n) is 2.50. The highest BCUT2D eigenvalue weighted by Crippen LogP contribution is 2.31. The van der Waals surface area contributed by atoms with Crippen LogP contribution in [0.2, 0.25) is 0 Å². The molecule has 0 aromatic carbocycles. The van der Waals surface area contributed by atoms with Crippen molar-refractivity contribution >= 4 is 12.4 Å². The summed E-state index contributed by atoms with van der Waals surface area (Å²) in [4.78, 5) is 0. The Labute approximate surface area is 93.8 Å². The summed E-state index contributed by atoms with van der Waals surface area (Å²) in [5.74, 6) is 0. The molecule has 4 N–H and O–H groups in total. The molecule has 0 bridgehead atoms. The highest BCUT2D eigenvalue weighted by atomic mass is 35.5. The standard InChI is InChI=1S/C11H22N2.ClH/c1-3-6-11(10-13,7-4-2)8-5-9-12;/h3-4H,1-2,5-10,12-13H2;1H. The summed E-state index contributed by atoms with van der Waals surface area (Å²) in [5, 5.41) is 0. The lowest BCUT2D eigenvalue weighted by Gasteiger charge is -2.30. The van der Waals surface area contributed by atoms with E-state index in [1.807, 2.05) is 12.2 Å². The van der Waals surface area contributed by atoms with Crippen LogP contribution in [0.3, 0.4) is 0 Å². The minimum absolute atomic E-state index is 0. The van der Waals surface area contributed by atoms with Crippen LogP contribution in [-0.4, -0.2) is 13.1 Å². The molecule has 0 aliphatic rings. The van der Waals surface area contributed by atoms with E-state index in [0.717, 1.165) is 32.2 Å². The number of hydrogen-bond donors (Lipinski definition) is 2. The summed E-state index contributed by atoms with van der Waals surface area (Å²) in [6.07, 6.45) is 7.88. The second-order valence-electron chi connectivity index (χ2n) is 3.58. The van der Waals surface area contributed by atoms with Gasteiger partial charge in [0.05, 0.1) is 0 Å². The van der Waals surface area contributed by atoms with Crippen LogP contribution in [0.4, 0.5) is 0 Å². The minimum atomic E-state index is 0. The fraction of sp³-hybridized carbons (Fsp3) is 0.636. The van der Waals surface area contributed by atoms with Crippen LogP contribution in [0.5, 0.6) is 0 Å². The predicted octanol–water partition coefficient (Wildman–Crippen LogP) is 2.24. The maximum atomic E-state index is 5.78. The van der Waals surface area contributed by atoms with E-state index in [0.29, 0.717) is 6.54 Å². The minimum Gasteiger partial charge on any atom is -0.330 e. The lowest BCUT2D eigenvalue weighted by atomic mass is 9.77. The smallest absolute Gasteiger partial charge is 0.00146 e. The molecule has 0 radical (unpaired) electrons. The number of hydrogen-bond acceptors (Lipinski definition) is 2. The molecule has 2 nitrogen and oxygen atoms in total. The fourth-order valence-corrected chi connectivity index (χ4v) is 1.65. The summed E-state index contributed by atoms with van der Waals surface area (Å²) in [6, 6.07) is 0. The van der Waals surface area contributed by atoms with Gasteiger partial charge in [0, 0.05) is 0 Å². The Morgan fingerprint density at radius 2 is 1.57 bits per heavy atom. The van der Waals surface area contributed by atoms with Crippen molar-refractivity contribution in [3.05, 3.63) is 25.3 Å². The summed E-state index contributed by atoms with van der Waals surface area (Å²) in [6.45, 7) is 8.94. The molecule has 84 valence electrons. The monoisotopic (exact) mass is 218 g/mol. The molecule has 0 saturated heterocycles. The van der Waals surface area contributed by atoms with E-state index in [9.17, 15) is 0 Å². The highest BCUT2D eigenvalue weighted by molar-refractivity contribution is 5.85. The molecule has 0 aliphatic carbocycles. The van der Waals surface area contributed by atoms with Gasteiger partial charge in [-0.05, 0) is 44.2 Å². The van der Waals surface area contributed by atoms with E-state index in [2.05, 4.69) is 13.2 Å². The van der Waals surface area contributed by atoms with Gasteiger partial charge in [-0.1, -0.05) is 12.2 Å². The van der Waals surface area contributed by atoms with E-state index in [-0.39, 0.29) is 17.8 Å². The zero-order valence-corrected chi connectivity index (χ0v) is 9.69. The van der Waals surface area contributed by atoms with Crippen molar-refractivity contribution in [1.29, 1.82) is 0 Å². The molecule has 0 aromatic rings. The Kier molecular flexibility index (Phi) is 10.7. The number of rotatable bonds is 8. The van der Waals surface area contributed by atoms with Crippen molar-refractivity contribution in [1.82, 2.24) is 0 Å². The van der Waals surface area contributed by atoms with Crippen molar-refractivity contribution < 1.29 is 0 Å². The van der Waals surface area contributed by atoms with E-state index in [1.54, 1.807) is 0 Å². The van der Waals surface area contributed by atoms with E-state index in [4.69, 9.17) is 11.5 Å². The SMILES string of the molecule is C=CCC(CN)(CC=C)CCCN.Cl. The normalized spacial score (nSPS) is 10.4. The number of nitrogens with two attached hydrogens (primary N) is 2. The van der Waals surface area contributed by atoms with E-state index >= 15 is 0 Å². The van der Waals surface area contributed by atoms with Crippen molar-refractivity contribution in [2.24, 2.45) is 16.9 Å². The molecule has 0 heterocycles. The second kappa shape index (κ2) is 9.25. The first-order valence-electron chi connectivity index (χ1n) is 4.86. The zero-order valence-electron chi connectivity index (χ0n) is 8.87. The first-order chi connectivity index (χ1) is 6.24. The van der Waals surface area contributed by atoms with Crippen LogP contribution in [0.15, 0.2) is 25.3 Å². The molecule has 0 aromatic heterocycles. The van der Waals surface area contributed by atoms with Crippen molar-refractivity contribution in [2.75, 3.05) is 13.1 Å². The van der Waals surface area contributed by atoms with Gasteiger partial charge in [-0.15, -0.1) is 25.6 Å². The first kappa shape index (κ1) is 16.1. The predicted molar refractivity (Wildman–Crippen MR) is 66.7 cm³/mol. The van der Waals surface area contributed by atoms with Crippen LogP contribution in [0.25, 0.3) is 0 Å². The average molecular weight is 219 g/mol. The largest absolute Gasteiger partial charge is 0.330 e. The summed E-state index contributed by atoms with van der Waals surface area (Å²) >= 11 is 0. The van der Waals surface area contributed by atoms with Gasteiger partial charge in [0.15, 0.2) is 0 Å². The topological polar surface area (TPSA) is 52.0 Å². The maximum absolute atomic E-state index is 5.78. The number of allylic oxidation sites excluding steroid dienone is 2.